The molecular formula is C13H26O3. The summed E-state index contributed by atoms with van der Waals surface area (Å²) in [5.41, 5.74) is -0.0956. The Morgan fingerprint density at radius 3 is 2.25 bits per heavy atom. The summed E-state index contributed by atoms with van der Waals surface area (Å²) in [6, 6.07) is 0. The van der Waals surface area contributed by atoms with Crippen molar-refractivity contribution in [2.45, 2.75) is 65.6 Å². The maximum absolute atomic E-state index is 11.5. The first-order valence-electron chi connectivity index (χ1n) is 6.04. The van der Waals surface area contributed by atoms with Crippen LogP contribution < -0.4 is 0 Å². The Hall–Kier alpha value is -0.570. The molecule has 0 aliphatic heterocycles. The molecule has 96 valence electrons. The minimum absolute atomic E-state index is 0.0185. The van der Waals surface area contributed by atoms with Gasteiger partial charge in [-0.1, -0.05) is 6.92 Å². The predicted molar refractivity (Wildman–Crippen MR) is 65.3 cm³/mol. The largest absolute Gasteiger partial charge is 0.463 e. The van der Waals surface area contributed by atoms with Gasteiger partial charge in [0.05, 0.1) is 17.6 Å². The first kappa shape index (κ1) is 15.4. The van der Waals surface area contributed by atoms with Gasteiger partial charge in [0, 0.05) is 7.11 Å². The zero-order valence-electron chi connectivity index (χ0n) is 11.5. The molecule has 0 unspecified atom stereocenters. The second kappa shape index (κ2) is 6.89. The third-order valence-electron chi connectivity index (χ3n) is 2.72. The van der Waals surface area contributed by atoms with E-state index >= 15 is 0 Å². The molecule has 0 aliphatic rings. The number of hydrogen-bond donors (Lipinski definition) is 0. The lowest BCUT2D eigenvalue weighted by atomic mass is 9.97. The highest BCUT2D eigenvalue weighted by atomic mass is 16.5. The smallest absolute Gasteiger partial charge is 0.308 e. The Kier molecular flexibility index (Phi) is 6.65. The second-order valence-electron chi connectivity index (χ2n) is 5.24. The Morgan fingerprint density at radius 2 is 1.81 bits per heavy atom. The highest BCUT2D eigenvalue weighted by molar-refractivity contribution is 5.72. The number of carbonyl (C=O) groups excluding carboxylic acids is 1. The van der Waals surface area contributed by atoms with Gasteiger partial charge >= 0.3 is 5.97 Å². The fraction of sp³-hybridized carbons (Fsp3) is 0.923. The van der Waals surface area contributed by atoms with Crippen LogP contribution in [0, 0.1) is 5.92 Å². The highest BCUT2D eigenvalue weighted by Crippen LogP contribution is 2.19. The average Bonchev–Trinajstić information content (AvgIpc) is 2.16. The van der Waals surface area contributed by atoms with Gasteiger partial charge in [0.2, 0.25) is 0 Å². The van der Waals surface area contributed by atoms with Crippen molar-refractivity contribution in [1.29, 1.82) is 0 Å². The van der Waals surface area contributed by atoms with E-state index in [4.69, 9.17) is 9.47 Å². The Labute approximate surface area is 99.5 Å². The lowest BCUT2D eigenvalue weighted by Gasteiger charge is -2.23. The zero-order valence-corrected chi connectivity index (χ0v) is 11.5. The molecular weight excluding hydrogens is 204 g/mol. The maximum Gasteiger partial charge on any atom is 0.308 e. The first-order valence-corrected chi connectivity index (χ1v) is 6.04. The third-order valence-corrected chi connectivity index (χ3v) is 2.72. The summed E-state index contributed by atoms with van der Waals surface area (Å²) in [6.45, 7) is 9.79. The lowest BCUT2D eigenvalue weighted by molar-refractivity contribution is -0.152. The molecule has 0 bridgehead atoms. The molecule has 0 saturated heterocycles. The predicted octanol–water partition coefficient (Wildman–Crippen LogP) is 3.17. The summed E-state index contributed by atoms with van der Waals surface area (Å²) in [4.78, 5) is 11.5. The van der Waals surface area contributed by atoms with Crippen LogP contribution in [-0.2, 0) is 14.3 Å². The van der Waals surface area contributed by atoms with Crippen molar-refractivity contribution in [3.8, 4) is 0 Å². The topological polar surface area (TPSA) is 35.5 Å². The number of esters is 1. The van der Waals surface area contributed by atoms with E-state index in [1.54, 1.807) is 7.11 Å². The SMILES string of the molecule is COC(C)(C)CCC[C@@H](C)C(=O)OC(C)C. The molecule has 3 heteroatoms. The van der Waals surface area contributed by atoms with E-state index in [0.29, 0.717) is 0 Å². The molecule has 0 amide bonds. The summed E-state index contributed by atoms with van der Waals surface area (Å²) < 4.78 is 10.5. The van der Waals surface area contributed by atoms with Gasteiger partial charge in [-0.05, 0) is 47.0 Å². The summed E-state index contributed by atoms with van der Waals surface area (Å²) in [5, 5.41) is 0. The monoisotopic (exact) mass is 230 g/mol. The quantitative estimate of drug-likeness (QED) is 0.630. The summed E-state index contributed by atoms with van der Waals surface area (Å²) in [5.74, 6) is -0.111. The number of hydrogen-bond acceptors (Lipinski definition) is 3. The number of carbonyl (C=O) groups is 1. The normalized spacial score (nSPS) is 13.9. The lowest BCUT2D eigenvalue weighted by Crippen LogP contribution is -2.23. The average molecular weight is 230 g/mol. The van der Waals surface area contributed by atoms with Crippen LogP contribution in [0.5, 0.6) is 0 Å². The molecule has 0 fully saturated rings. The number of ether oxygens (including phenoxy) is 2. The van der Waals surface area contributed by atoms with Crippen molar-refractivity contribution < 1.29 is 14.3 Å². The van der Waals surface area contributed by atoms with Crippen LogP contribution in [-0.4, -0.2) is 24.8 Å². The van der Waals surface area contributed by atoms with Gasteiger partial charge in [-0.25, -0.2) is 0 Å². The maximum atomic E-state index is 11.5. The standard InChI is InChI=1S/C13H26O3/c1-10(2)16-12(14)11(3)8-7-9-13(4,5)15-6/h10-11H,7-9H2,1-6H3/t11-/m1/s1. The molecule has 3 nitrogen and oxygen atoms in total. The van der Waals surface area contributed by atoms with Crippen molar-refractivity contribution in [2.75, 3.05) is 7.11 Å². The van der Waals surface area contributed by atoms with Crippen molar-refractivity contribution >= 4 is 5.97 Å². The van der Waals surface area contributed by atoms with E-state index in [1.165, 1.54) is 0 Å². The molecule has 0 rings (SSSR count). The van der Waals surface area contributed by atoms with Crippen molar-refractivity contribution in [3.63, 3.8) is 0 Å². The molecule has 16 heavy (non-hydrogen) atoms. The zero-order chi connectivity index (χ0) is 12.8. The van der Waals surface area contributed by atoms with Crippen LogP contribution in [0.25, 0.3) is 0 Å². The minimum atomic E-state index is -0.0956. The fourth-order valence-corrected chi connectivity index (χ4v) is 1.40. The fourth-order valence-electron chi connectivity index (χ4n) is 1.40. The molecule has 0 saturated carbocycles. The number of methoxy groups -OCH3 is 1. The molecule has 0 aromatic carbocycles. The first-order chi connectivity index (χ1) is 7.28. The minimum Gasteiger partial charge on any atom is -0.463 e. The van der Waals surface area contributed by atoms with E-state index in [9.17, 15) is 4.79 Å². The van der Waals surface area contributed by atoms with Gasteiger partial charge in [-0.2, -0.15) is 0 Å². The number of rotatable bonds is 7. The highest BCUT2D eigenvalue weighted by Gasteiger charge is 2.19. The van der Waals surface area contributed by atoms with Gasteiger partial charge < -0.3 is 9.47 Å². The van der Waals surface area contributed by atoms with Gasteiger partial charge in [0.1, 0.15) is 0 Å². The van der Waals surface area contributed by atoms with Crippen molar-refractivity contribution in [2.24, 2.45) is 5.92 Å². The van der Waals surface area contributed by atoms with Crippen LogP contribution in [0.3, 0.4) is 0 Å². The summed E-state index contributed by atoms with van der Waals surface area (Å²) >= 11 is 0. The summed E-state index contributed by atoms with van der Waals surface area (Å²) in [7, 11) is 1.72. The van der Waals surface area contributed by atoms with Crippen LogP contribution in [0.1, 0.15) is 53.9 Å². The molecule has 0 radical (unpaired) electrons. The van der Waals surface area contributed by atoms with Crippen molar-refractivity contribution in [3.05, 3.63) is 0 Å². The van der Waals surface area contributed by atoms with Crippen LogP contribution in [0.4, 0.5) is 0 Å². The van der Waals surface area contributed by atoms with Gasteiger partial charge in [-0.15, -0.1) is 0 Å². The molecule has 1 atom stereocenters. The Balaban J connectivity index is 3.81. The van der Waals surface area contributed by atoms with Crippen LogP contribution in [0.15, 0.2) is 0 Å². The molecule has 0 aliphatic carbocycles. The Bertz CT molecular complexity index is 209. The molecule has 0 aromatic heterocycles. The van der Waals surface area contributed by atoms with Crippen molar-refractivity contribution in [1.82, 2.24) is 0 Å². The van der Waals surface area contributed by atoms with Gasteiger partial charge in [-0.3, -0.25) is 4.79 Å². The molecule has 0 spiro atoms. The molecule has 0 aromatic rings. The molecule has 0 heterocycles. The van der Waals surface area contributed by atoms with E-state index < -0.39 is 0 Å². The molecule has 0 N–H and O–H groups in total. The van der Waals surface area contributed by atoms with Gasteiger partial charge in [0.15, 0.2) is 0 Å². The second-order valence-corrected chi connectivity index (χ2v) is 5.24. The Morgan fingerprint density at radius 1 is 1.25 bits per heavy atom. The van der Waals surface area contributed by atoms with E-state index in [-0.39, 0.29) is 23.6 Å². The third kappa shape index (κ3) is 6.83. The van der Waals surface area contributed by atoms with E-state index in [2.05, 4.69) is 13.8 Å². The van der Waals surface area contributed by atoms with E-state index in [0.717, 1.165) is 19.3 Å². The van der Waals surface area contributed by atoms with Gasteiger partial charge in [0.25, 0.3) is 0 Å². The van der Waals surface area contributed by atoms with Crippen LogP contribution in [0.2, 0.25) is 0 Å². The summed E-state index contributed by atoms with van der Waals surface area (Å²) in [6.07, 6.45) is 2.78. The van der Waals surface area contributed by atoms with Crippen LogP contribution >= 0.6 is 0 Å². The van der Waals surface area contributed by atoms with E-state index in [1.807, 2.05) is 20.8 Å².